The van der Waals surface area contributed by atoms with Crippen LogP contribution in [-0.2, 0) is 16.1 Å². The summed E-state index contributed by atoms with van der Waals surface area (Å²) < 4.78 is 7.73. The van der Waals surface area contributed by atoms with Crippen molar-refractivity contribution in [1.29, 1.82) is 0 Å². The number of hydrogen-bond acceptors (Lipinski definition) is 6. The van der Waals surface area contributed by atoms with Crippen molar-refractivity contribution in [3.63, 3.8) is 0 Å². The summed E-state index contributed by atoms with van der Waals surface area (Å²) in [4.78, 5) is 34.1. The number of imidazole rings is 1. The van der Waals surface area contributed by atoms with Crippen LogP contribution in [-0.4, -0.2) is 58.5 Å². The third-order valence-corrected chi connectivity index (χ3v) is 6.51. The van der Waals surface area contributed by atoms with Crippen LogP contribution in [0.15, 0.2) is 72.8 Å². The van der Waals surface area contributed by atoms with Gasteiger partial charge in [0.05, 0.1) is 24.5 Å². The highest BCUT2D eigenvalue weighted by atomic mass is 16.5. The molecule has 1 fully saturated rings. The average Bonchev–Trinajstić information content (AvgIpc) is 3.51. The number of aliphatic hydroxyl groups is 1. The van der Waals surface area contributed by atoms with Gasteiger partial charge in [-0.3, -0.25) is 9.59 Å². The first-order chi connectivity index (χ1) is 17.9. The number of aliphatic hydroxyl groups excluding tert-OH is 1. The first-order valence-corrected chi connectivity index (χ1v) is 12.7. The van der Waals surface area contributed by atoms with Crippen molar-refractivity contribution in [3.05, 3.63) is 84.0 Å². The van der Waals surface area contributed by atoms with Crippen molar-refractivity contribution >= 4 is 23.1 Å². The Morgan fingerprint density at radius 2 is 1.86 bits per heavy atom. The molecule has 1 saturated heterocycles. The lowest BCUT2D eigenvalue weighted by Gasteiger charge is -2.26. The zero-order valence-corrected chi connectivity index (χ0v) is 21.6. The van der Waals surface area contributed by atoms with Gasteiger partial charge >= 0.3 is 0 Å². The van der Waals surface area contributed by atoms with E-state index in [0.717, 1.165) is 24.1 Å². The van der Waals surface area contributed by atoms with Crippen molar-refractivity contribution in [2.24, 2.45) is 0 Å². The zero-order chi connectivity index (χ0) is 26.4. The fourth-order valence-electron chi connectivity index (χ4n) is 4.48. The second-order valence-electron chi connectivity index (χ2n) is 9.36. The molecule has 2 aromatic carbocycles. The molecule has 8 nitrogen and oxygen atoms in total. The van der Waals surface area contributed by atoms with E-state index in [-0.39, 0.29) is 11.3 Å². The van der Waals surface area contributed by atoms with Crippen LogP contribution in [0.5, 0.6) is 5.75 Å². The minimum atomic E-state index is -0.691. The molecule has 1 atom stereocenters. The molecule has 0 bridgehead atoms. The number of Topliss-reactive ketones (excluding diaryl/α,β-unsaturated/α-hetero) is 1. The lowest BCUT2D eigenvalue weighted by molar-refractivity contribution is -0.139. The zero-order valence-electron chi connectivity index (χ0n) is 21.6. The summed E-state index contributed by atoms with van der Waals surface area (Å²) in [5, 5.41) is 11.4. The molecule has 0 saturated carbocycles. The van der Waals surface area contributed by atoms with Gasteiger partial charge in [0.25, 0.3) is 11.7 Å². The SMILES string of the molecule is CCCCOc1cccc(C(O)=C2C(=O)C(=O)N(CCCn3ccnc3)C2c2ccc(N(C)C)cc2)c1. The number of carbonyl (C=O) groups is 2. The minimum Gasteiger partial charge on any atom is -0.507 e. The normalized spacial score (nSPS) is 16.8. The molecule has 4 rings (SSSR count). The van der Waals surface area contributed by atoms with E-state index in [9.17, 15) is 14.7 Å². The molecule has 0 aliphatic carbocycles. The largest absolute Gasteiger partial charge is 0.507 e. The predicted molar refractivity (Wildman–Crippen MR) is 143 cm³/mol. The Balaban J connectivity index is 1.70. The number of aromatic nitrogens is 2. The molecule has 0 radical (unpaired) electrons. The maximum absolute atomic E-state index is 13.3. The van der Waals surface area contributed by atoms with Gasteiger partial charge < -0.3 is 24.2 Å². The van der Waals surface area contributed by atoms with Crippen molar-refractivity contribution < 1.29 is 19.4 Å². The van der Waals surface area contributed by atoms with Gasteiger partial charge in [-0.1, -0.05) is 37.6 Å². The van der Waals surface area contributed by atoms with E-state index < -0.39 is 17.7 Å². The second-order valence-corrected chi connectivity index (χ2v) is 9.36. The number of ketones is 1. The van der Waals surface area contributed by atoms with Gasteiger partial charge in [-0.2, -0.15) is 0 Å². The molecule has 194 valence electrons. The fourth-order valence-corrected chi connectivity index (χ4v) is 4.48. The lowest BCUT2D eigenvalue weighted by Crippen LogP contribution is -2.31. The molecule has 2 heterocycles. The Morgan fingerprint density at radius 1 is 1.08 bits per heavy atom. The Labute approximate surface area is 217 Å². The molecule has 1 aliphatic rings. The highest BCUT2D eigenvalue weighted by Gasteiger charge is 2.45. The first-order valence-electron chi connectivity index (χ1n) is 12.7. The molecule has 3 aromatic rings. The summed E-state index contributed by atoms with van der Waals surface area (Å²) >= 11 is 0. The van der Waals surface area contributed by atoms with Gasteiger partial charge in [0.1, 0.15) is 11.5 Å². The van der Waals surface area contributed by atoms with Crippen LogP contribution >= 0.6 is 0 Å². The second kappa shape index (κ2) is 11.8. The van der Waals surface area contributed by atoms with Gasteiger partial charge in [0, 0.05) is 50.8 Å². The molecule has 1 unspecified atom stereocenters. The summed E-state index contributed by atoms with van der Waals surface area (Å²) in [6.07, 6.45) is 7.86. The number of aryl methyl sites for hydroxylation is 1. The summed E-state index contributed by atoms with van der Waals surface area (Å²) in [5.74, 6) is -0.875. The highest BCUT2D eigenvalue weighted by Crippen LogP contribution is 2.40. The number of benzene rings is 2. The highest BCUT2D eigenvalue weighted by molar-refractivity contribution is 6.46. The molecule has 1 amide bonds. The van der Waals surface area contributed by atoms with Gasteiger partial charge in [-0.05, 0) is 42.7 Å². The Bertz CT molecular complexity index is 1250. The maximum atomic E-state index is 13.3. The number of carbonyl (C=O) groups excluding carboxylic acids is 2. The van der Waals surface area contributed by atoms with Crippen molar-refractivity contribution in [3.8, 4) is 5.75 Å². The number of likely N-dealkylation sites (tertiary alicyclic amines) is 1. The molecular weight excluding hydrogens is 468 g/mol. The van der Waals surface area contributed by atoms with Crippen molar-refractivity contribution in [2.45, 2.75) is 38.8 Å². The van der Waals surface area contributed by atoms with E-state index in [4.69, 9.17) is 4.74 Å². The van der Waals surface area contributed by atoms with Crippen LogP contribution in [0.4, 0.5) is 5.69 Å². The van der Waals surface area contributed by atoms with E-state index in [1.807, 2.05) is 60.1 Å². The quantitative estimate of drug-likeness (QED) is 0.178. The van der Waals surface area contributed by atoms with Crippen LogP contribution in [0.2, 0.25) is 0 Å². The molecular formula is C29H34N4O4. The lowest BCUT2D eigenvalue weighted by atomic mass is 9.95. The van der Waals surface area contributed by atoms with E-state index in [0.29, 0.717) is 37.4 Å². The molecule has 1 aliphatic heterocycles. The van der Waals surface area contributed by atoms with Gasteiger partial charge in [-0.25, -0.2) is 4.98 Å². The number of nitrogens with zero attached hydrogens (tertiary/aromatic N) is 4. The third kappa shape index (κ3) is 5.85. The summed E-state index contributed by atoms with van der Waals surface area (Å²) in [6, 6.07) is 14.1. The molecule has 1 aromatic heterocycles. The van der Waals surface area contributed by atoms with Crippen LogP contribution < -0.4 is 9.64 Å². The minimum absolute atomic E-state index is 0.0935. The molecule has 8 heteroatoms. The van der Waals surface area contributed by atoms with E-state index in [1.54, 1.807) is 35.6 Å². The van der Waals surface area contributed by atoms with Gasteiger partial charge in [0.2, 0.25) is 0 Å². The molecule has 1 N–H and O–H groups in total. The summed E-state index contributed by atoms with van der Waals surface area (Å²) in [7, 11) is 3.90. The van der Waals surface area contributed by atoms with E-state index >= 15 is 0 Å². The van der Waals surface area contributed by atoms with Crippen LogP contribution in [0, 0.1) is 0 Å². The third-order valence-electron chi connectivity index (χ3n) is 6.51. The van der Waals surface area contributed by atoms with Gasteiger partial charge in [0.15, 0.2) is 0 Å². The number of unbranched alkanes of at least 4 members (excludes halogenated alkanes) is 1. The van der Waals surface area contributed by atoms with Crippen LogP contribution in [0.25, 0.3) is 5.76 Å². The average molecular weight is 503 g/mol. The number of hydrogen-bond donors (Lipinski definition) is 1. The van der Waals surface area contributed by atoms with Crippen molar-refractivity contribution in [2.75, 3.05) is 32.1 Å². The topological polar surface area (TPSA) is 87.9 Å². The first kappa shape index (κ1) is 26.0. The van der Waals surface area contributed by atoms with Crippen LogP contribution in [0.3, 0.4) is 0 Å². The molecule has 0 spiro atoms. The van der Waals surface area contributed by atoms with Crippen LogP contribution in [0.1, 0.15) is 43.4 Å². The Hall–Kier alpha value is -4.07. The van der Waals surface area contributed by atoms with Crippen molar-refractivity contribution in [1.82, 2.24) is 14.5 Å². The predicted octanol–water partition coefficient (Wildman–Crippen LogP) is 4.64. The molecule has 37 heavy (non-hydrogen) atoms. The summed E-state index contributed by atoms with van der Waals surface area (Å²) in [5.41, 5.74) is 2.30. The van der Waals surface area contributed by atoms with Gasteiger partial charge in [-0.15, -0.1) is 0 Å². The number of ether oxygens (including phenoxy) is 1. The number of rotatable bonds is 11. The fraction of sp³-hybridized carbons (Fsp3) is 0.345. The van der Waals surface area contributed by atoms with E-state index in [2.05, 4.69) is 11.9 Å². The Kier molecular flexibility index (Phi) is 8.28. The maximum Gasteiger partial charge on any atom is 0.295 e. The monoisotopic (exact) mass is 502 g/mol. The Morgan fingerprint density at radius 3 is 2.54 bits per heavy atom. The summed E-state index contributed by atoms with van der Waals surface area (Å²) in [6.45, 7) is 3.68. The van der Waals surface area contributed by atoms with E-state index in [1.165, 1.54) is 0 Å². The number of anilines is 1. The number of amides is 1. The standard InChI is InChI=1S/C29H34N4O4/c1-4-5-18-37-24-9-6-8-22(19-24)27(34)25-26(21-10-12-23(13-11-21)31(2)3)33(29(36)28(25)35)16-7-15-32-17-14-30-20-32/h6,8-14,17,19-20,26,34H,4-5,7,15-16,18H2,1-3H3. The smallest absolute Gasteiger partial charge is 0.295 e.